The van der Waals surface area contributed by atoms with Gasteiger partial charge in [-0.2, -0.15) is 0 Å². The SMILES string of the molecule is CCC[C@@H](C)N=[N+]=[N-]. The maximum absolute atomic E-state index is 7.92. The number of hydrogen-bond acceptors (Lipinski definition) is 1. The minimum atomic E-state index is 0.171. The van der Waals surface area contributed by atoms with Crippen LogP contribution in [0.5, 0.6) is 0 Å². The number of hydrogen-bond donors (Lipinski definition) is 0. The smallest absolute Gasteiger partial charge is 0.0345 e. The van der Waals surface area contributed by atoms with Crippen molar-refractivity contribution in [3.63, 3.8) is 0 Å². The van der Waals surface area contributed by atoms with Crippen molar-refractivity contribution in [2.45, 2.75) is 32.7 Å². The summed E-state index contributed by atoms with van der Waals surface area (Å²) in [5.74, 6) is 0. The maximum atomic E-state index is 7.92. The standard InChI is InChI=1S/C5H11N3/c1-3-4-5(2)7-8-6/h5H,3-4H2,1-2H3/t5-/m1/s1. The Morgan fingerprint density at radius 3 is 2.75 bits per heavy atom. The van der Waals surface area contributed by atoms with E-state index in [1.807, 2.05) is 6.92 Å². The van der Waals surface area contributed by atoms with Crippen LogP contribution in [0.25, 0.3) is 10.4 Å². The third kappa shape index (κ3) is 3.50. The van der Waals surface area contributed by atoms with Gasteiger partial charge in [0.15, 0.2) is 0 Å². The Balaban J connectivity index is 3.31. The lowest BCUT2D eigenvalue weighted by atomic mass is 10.2. The van der Waals surface area contributed by atoms with Crippen molar-refractivity contribution >= 4 is 0 Å². The third-order valence-corrected chi connectivity index (χ3v) is 0.955. The highest BCUT2D eigenvalue weighted by molar-refractivity contribution is 4.57. The van der Waals surface area contributed by atoms with E-state index in [-0.39, 0.29) is 6.04 Å². The van der Waals surface area contributed by atoms with E-state index in [1.54, 1.807) is 0 Å². The van der Waals surface area contributed by atoms with Crippen LogP contribution in [0.1, 0.15) is 26.7 Å². The van der Waals surface area contributed by atoms with E-state index in [9.17, 15) is 0 Å². The fourth-order valence-electron chi connectivity index (χ4n) is 0.564. The summed E-state index contributed by atoms with van der Waals surface area (Å²) in [6.45, 7) is 3.99. The highest BCUT2D eigenvalue weighted by Crippen LogP contribution is 1.98. The Labute approximate surface area is 49.3 Å². The molecule has 0 rings (SSSR count). The summed E-state index contributed by atoms with van der Waals surface area (Å²) in [4.78, 5) is 2.68. The van der Waals surface area contributed by atoms with Gasteiger partial charge < -0.3 is 0 Å². The molecule has 0 aliphatic rings. The van der Waals surface area contributed by atoms with Gasteiger partial charge in [0, 0.05) is 11.0 Å². The van der Waals surface area contributed by atoms with Crippen molar-refractivity contribution in [1.82, 2.24) is 0 Å². The van der Waals surface area contributed by atoms with E-state index in [4.69, 9.17) is 5.53 Å². The number of rotatable bonds is 3. The molecule has 8 heavy (non-hydrogen) atoms. The van der Waals surface area contributed by atoms with E-state index in [1.165, 1.54) is 0 Å². The molecule has 0 fully saturated rings. The van der Waals surface area contributed by atoms with Gasteiger partial charge in [0.1, 0.15) is 0 Å². The van der Waals surface area contributed by atoms with Gasteiger partial charge in [-0.15, -0.1) is 0 Å². The van der Waals surface area contributed by atoms with Gasteiger partial charge in [-0.25, -0.2) is 0 Å². The van der Waals surface area contributed by atoms with Crippen LogP contribution in [0.3, 0.4) is 0 Å². The van der Waals surface area contributed by atoms with Crippen LogP contribution in [-0.4, -0.2) is 6.04 Å². The Morgan fingerprint density at radius 2 is 2.38 bits per heavy atom. The monoisotopic (exact) mass is 113 g/mol. The Kier molecular flexibility index (Phi) is 4.08. The molecule has 0 bridgehead atoms. The molecule has 3 heteroatoms. The molecule has 0 aromatic heterocycles. The lowest BCUT2D eigenvalue weighted by Gasteiger charge is -1.96. The highest BCUT2D eigenvalue weighted by Gasteiger charge is 1.92. The summed E-state index contributed by atoms with van der Waals surface area (Å²) in [5, 5.41) is 3.49. The number of azide groups is 1. The second kappa shape index (κ2) is 4.47. The van der Waals surface area contributed by atoms with Crippen LogP contribution in [0, 0.1) is 0 Å². The molecular formula is C5H11N3. The molecule has 1 atom stereocenters. The summed E-state index contributed by atoms with van der Waals surface area (Å²) in [7, 11) is 0. The van der Waals surface area contributed by atoms with Crippen LogP contribution in [0.2, 0.25) is 0 Å². The van der Waals surface area contributed by atoms with Crippen molar-refractivity contribution in [3.8, 4) is 0 Å². The van der Waals surface area contributed by atoms with E-state index < -0.39 is 0 Å². The lowest BCUT2D eigenvalue weighted by Crippen LogP contribution is -1.92. The topological polar surface area (TPSA) is 48.8 Å². The normalized spacial score (nSPS) is 12.2. The molecule has 0 amide bonds. The molecule has 0 aliphatic heterocycles. The van der Waals surface area contributed by atoms with Crippen LogP contribution < -0.4 is 0 Å². The first-order chi connectivity index (χ1) is 3.81. The predicted molar refractivity (Wildman–Crippen MR) is 33.5 cm³/mol. The molecule has 0 saturated carbocycles. The van der Waals surface area contributed by atoms with E-state index in [2.05, 4.69) is 16.9 Å². The minimum absolute atomic E-state index is 0.171. The van der Waals surface area contributed by atoms with Crippen LogP contribution in [0.4, 0.5) is 0 Å². The van der Waals surface area contributed by atoms with Gasteiger partial charge in [0.2, 0.25) is 0 Å². The molecule has 0 aromatic carbocycles. The van der Waals surface area contributed by atoms with Crippen LogP contribution in [0.15, 0.2) is 5.11 Å². The van der Waals surface area contributed by atoms with Crippen LogP contribution >= 0.6 is 0 Å². The summed E-state index contributed by atoms with van der Waals surface area (Å²) in [5.41, 5.74) is 7.92. The molecule has 0 aromatic rings. The molecule has 0 radical (unpaired) electrons. The van der Waals surface area contributed by atoms with Gasteiger partial charge >= 0.3 is 0 Å². The molecule has 0 heterocycles. The second-order valence-corrected chi connectivity index (χ2v) is 1.84. The van der Waals surface area contributed by atoms with Gasteiger partial charge in [0.05, 0.1) is 0 Å². The molecule has 0 aliphatic carbocycles. The average Bonchev–Trinajstić information content (AvgIpc) is 1.68. The summed E-state index contributed by atoms with van der Waals surface area (Å²) < 4.78 is 0. The van der Waals surface area contributed by atoms with Crippen LogP contribution in [-0.2, 0) is 0 Å². The largest absolute Gasteiger partial charge is 0.0909 e. The zero-order valence-corrected chi connectivity index (χ0v) is 5.33. The first-order valence-corrected chi connectivity index (χ1v) is 2.85. The quantitative estimate of drug-likeness (QED) is 0.306. The predicted octanol–water partition coefficient (Wildman–Crippen LogP) is 2.49. The first kappa shape index (κ1) is 7.31. The van der Waals surface area contributed by atoms with E-state index in [0.29, 0.717) is 0 Å². The Bertz CT molecular complexity index is 93.8. The lowest BCUT2D eigenvalue weighted by molar-refractivity contribution is 0.649. The van der Waals surface area contributed by atoms with Gasteiger partial charge in [-0.05, 0) is 12.0 Å². The van der Waals surface area contributed by atoms with Gasteiger partial charge in [0.25, 0.3) is 0 Å². The minimum Gasteiger partial charge on any atom is -0.0909 e. The maximum Gasteiger partial charge on any atom is 0.0345 e. The average molecular weight is 113 g/mol. The fourth-order valence-corrected chi connectivity index (χ4v) is 0.564. The zero-order chi connectivity index (χ0) is 6.41. The van der Waals surface area contributed by atoms with Gasteiger partial charge in [-0.3, -0.25) is 0 Å². The summed E-state index contributed by atoms with van der Waals surface area (Å²) in [6.07, 6.45) is 2.07. The Hall–Kier alpha value is -0.690. The second-order valence-electron chi connectivity index (χ2n) is 1.84. The molecule has 3 nitrogen and oxygen atoms in total. The van der Waals surface area contributed by atoms with Crippen molar-refractivity contribution in [1.29, 1.82) is 0 Å². The first-order valence-electron chi connectivity index (χ1n) is 2.85. The van der Waals surface area contributed by atoms with Crippen molar-refractivity contribution in [3.05, 3.63) is 10.4 Å². The van der Waals surface area contributed by atoms with Gasteiger partial charge in [-0.1, -0.05) is 25.4 Å². The molecule has 0 spiro atoms. The van der Waals surface area contributed by atoms with Crippen molar-refractivity contribution in [2.24, 2.45) is 5.11 Å². The summed E-state index contributed by atoms with van der Waals surface area (Å²) >= 11 is 0. The molecule has 0 N–H and O–H groups in total. The molecular weight excluding hydrogens is 102 g/mol. The highest BCUT2D eigenvalue weighted by atomic mass is 15.1. The van der Waals surface area contributed by atoms with Crippen molar-refractivity contribution in [2.75, 3.05) is 0 Å². The van der Waals surface area contributed by atoms with E-state index in [0.717, 1.165) is 12.8 Å². The molecule has 0 saturated heterocycles. The molecule has 0 unspecified atom stereocenters. The molecule has 46 valence electrons. The summed E-state index contributed by atoms with van der Waals surface area (Å²) in [6, 6.07) is 0.171. The fraction of sp³-hybridized carbons (Fsp3) is 1.00. The van der Waals surface area contributed by atoms with E-state index >= 15 is 0 Å². The zero-order valence-electron chi connectivity index (χ0n) is 5.33. The third-order valence-electron chi connectivity index (χ3n) is 0.955. The van der Waals surface area contributed by atoms with Crippen molar-refractivity contribution < 1.29 is 0 Å². The number of nitrogens with zero attached hydrogens (tertiary/aromatic N) is 3. The Morgan fingerprint density at radius 1 is 1.75 bits per heavy atom.